The molecule has 1 unspecified atom stereocenters. The van der Waals surface area contributed by atoms with Crippen molar-refractivity contribution in [3.63, 3.8) is 0 Å². The fourth-order valence-corrected chi connectivity index (χ4v) is 1.75. The molecule has 0 saturated heterocycles. The van der Waals surface area contributed by atoms with Crippen LogP contribution in [-0.4, -0.2) is 6.04 Å². The molecule has 1 aliphatic heterocycles. The van der Waals surface area contributed by atoms with Gasteiger partial charge in [0.25, 0.3) is 0 Å². The maximum atomic E-state index is 13.9. The molecule has 0 bridgehead atoms. The summed E-state index contributed by atoms with van der Waals surface area (Å²) in [6.45, 7) is 0. The third kappa shape index (κ3) is 2.60. The second-order valence-electron chi connectivity index (χ2n) is 3.89. The number of hydrogen-bond acceptors (Lipinski definition) is 2. The fraction of sp³-hybridized carbons (Fsp3) is 0.154. The summed E-state index contributed by atoms with van der Waals surface area (Å²) in [4.78, 5) is 0. The molecule has 1 atom stereocenters. The summed E-state index contributed by atoms with van der Waals surface area (Å²) in [5, 5.41) is 11.4. The molecule has 0 fully saturated rings. The van der Waals surface area contributed by atoms with Gasteiger partial charge in [-0.1, -0.05) is 12.1 Å². The summed E-state index contributed by atoms with van der Waals surface area (Å²) in [6, 6.07) is 4.27. The van der Waals surface area contributed by atoms with E-state index in [0.717, 1.165) is 6.07 Å². The molecule has 0 radical (unpaired) electrons. The molecule has 6 heteroatoms. The van der Waals surface area contributed by atoms with E-state index in [0.29, 0.717) is 6.07 Å². The molecule has 2 rings (SSSR count). The Hall–Kier alpha value is -2.29. The largest absolute Gasteiger partial charge is 0.419 e. The van der Waals surface area contributed by atoms with Crippen molar-refractivity contribution in [3.05, 3.63) is 53.5 Å². The van der Waals surface area contributed by atoms with Crippen molar-refractivity contribution in [1.82, 2.24) is 5.32 Å². The highest BCUT2D eigenvalue weighted by atomic mass is 19.4. The predicted molar refractivity (Wildman–Crippen MR) is 61.1 cm³/mol. The Labute approximate surface area is 106 Å². The molecule has 0 spiro atoms. The van der Waals surface area contributed by atoms with Gasteiger partial charge in [0.2, 0.25) is 0 Å². The lowest BCUT2D eigenvalue weighted by Crippen LogP contribution is -2.22. The molecule has 0 aliphatic carbocycles. The van der Waals surface area contributed by atoms with E-state index in [1.165, 1.54) is 24.4 Å². The topological polar surface area (TPSA) is 35.8 Å². The van der Waals surface area contributed by atoms with Crippen LogP contribution in [0.4, 0.5) is 17.6 Å². The summed E-state index contributed by atoms with van der Waals surface area (Å²) in [7, 11) is 0. The minimum absolute atomic E-state index is 0.173. The molecule has 0 saturated carbocycles. The van der Waals surface area contributed by atoms with Crippen LogP contribution in [0.25, 0.3) is 5.57 Å². The number of dihydropyridines is 1. The van der Waals surface area contributed by atoms with Gasteiger partial charge in [-0.3, -0.25) is 0 Å². The highest BCUT2D eigenvalue weighted by Crippen LogP contribution is 2.34. The standard InChI is InChI=1S/C13H8F4N2/c14-12-10(2-1-3-11(12)13(15,16)17)8-4-5-19-9(6-8)7-18/h1-6,9,19H. The molecule has 1 aromatic rings. The zero-order chi connectivity index (χ0) is 14.0. The van der Waals surface area contributed by atoms with Gasteiger partial charge in [0.15, 0.2) is 0 Å². The SMILES string of the molecule is N#CC1C=C(c2cccc(C(F)(F)F)c2F)C=CN1. The van der Waals surface area contributed by atoms with Crippen molar-refractivity contribution in [3.8, 4) is 6.07 Å². The van der Waals surface area contributed by atoms with Gasteiger partial charge in [0, 0.05) is 5.56 Å². The van der Waals surface area contributed by atoms with Crippen molar-refractivity contribution in [1.29, 1.82) is 5.26 Å². The maximum Gasteiger partial charge on any atom is 0.419 e. The van der Waals surface area contributed by atoms with Crippen molar-refractivity contribution >= 4 is 5.57 Å². The van der Waals surface area contributed by atoms with Gasteiger partial charge in [-0.25, -0.2) is 4.39 Å². The first-order chi connectivity index (χ1) is 8.93. The van der Waals surface area contributed by atoms with Crippen LogP contribution in [0, 0.1) is 17.1 Å². The van der Waals surface area contributed by atoms with Crippen LogP contribution in [0.1, 0.15) is 11.1 Å². The fourth-order valence-electron chi connectivity index (χ4n) is 1.75. The Morgan fingerprint density at radius 3 is 2.63 bits per heavy atom. The average Bonchev–Trinajstić information content (AvgIpc) is 2.37. The van der Waals surface area contributed by atoms with E-state index < -0.39 is 23.6 Å². The molecular formula is C13H8F4N2. The van der Waals surface area contributed by atoms with Gasteiger partial charge < -0.3 is 5.32 Å². The number of nitrogens with zero attached hydrogens (tertiary/aromatic N) is 1. The second-order valence-corrected chi connectivity index (χ2v) is 3.89. The summed E-state index contributed by atoms with van der Waals surface area (Å²) in [6.07, 6.45) is -0.542. The number of alkyl halides is 3. The van der Waals surface area contributed by atoms with Crippen molar-refractivity contribution < 1.29 is 17.6 Å². The highest BCUT2D eigenvalue weighted by Gasteiger charge is 2.35. The van der Waals surface area contributed by atoms with Gasteiger partial charge in [-0.15, -0.1) is 0 Å². The Bertz CT molecular complexity index is 594. The van der Waals surface area contributed by atoms with Crippen LogP contribution in [0.3, 0.4) is 0 Å². The van der Waals surface area contributed by atoms with Crippen LogP contribution in [0.2, 0.25) is 0 Å². The molecule has 19 heavy (non-hydrogen) atoms. The summed E-state index contributed by atoms with van der Waals surface area (Å²) in [5.41, 5.74) is -1.24. The van der Waals surface area contributed by atoms with E-state index in [1.807, 2.05) is 6.07 Å². The Morgan fingerprint density at radius 2 is 2.00 bits per heavy atom. The first-order valence-corrected chi connectivity index (χ1v) is 5.33. The number of rotatable bonds is 1. The summed E-state index contributed by atoms with van der Waals surface area (Å²) >= 11 is 0. The number of benzene rings is 1. The van der Waals surface area contributed by atoms with Gasteiger partial charge in [-0.2, -0.15) is 18.4 Å². The molecule has 0 aromatic heterocycles. The molecule has 1 aromatic carbocycles. The highest BCUT2D eigenvalue weighted by molar-refractivity contribution is 5.76. The lowest BCUT2D eigenvalue weighted by Gasteiger charge is -2.15. The minimum Gasteiger partial charge on any atom is -0.373 e. The summed E-state index contributed by atoms with van der Waals surface area (Å²) in [5.74, 6) is -1.33. The van der Waals surface area contributed by atoms with E-state index in [4.69, 9.17) is 5.26 Å². The monoisotopic (exact) mass is 268 g/mol. The normalized spacial score (nSPS) is 18.5. The predicted octanol–water partition coefficient (Wildman–Crippen LogP) is 3.24. The van der Waals surface area contributed by atoms with E-state index in [2.05, 4.69) is 5.32 Å². The van der Waals surface area contributed by atoms with E-state index in [1.54, 1.807) is 0 Å². The number of nitrogens with one attached hydrogen (secondary N) is 1. The zero-order valence-corrected chi connectivity index (χ0v) is 9.50. The van der Waals surface area contributed by atoms with Crippen LogP contribution >= 0.6 is 0 Å². The Balaban J connectivity index is 2.51. The van der Waals surface area contributed by atoms with E-state index >= 15 is 0 Å². The summed E-state index contributed by atoms with van der Waals surface area (Å²) < 4.78 is 51.7. The van der Waals surface area contributed by atoms with Crippen LogP contribution in [0.15, 0.2) is 36.6 Å². The third-order valence-corrected chi connectivity index (χ3v) is 2.64. The van der Waals surface area contributed by atoms with Crippen molar-refractivity contribution in [2.24, 2.45) is 0 Å². The van der Waals surface area contributed by atoms with Crippen LogP contribution in [-0.2, 0) is 6.18 Å². The third-order valence-electron chi connectivity index (χ3n) is 2.64. The maximum absolute atomic E-state index is 13.9. The molecule has 1 N–H and O–H groups in total. The van der Waals surface area contributed by atoms with Gasteiger partial charge >= 0.3 is 6.18 Å². The molecule has 0 amide bonds. The first-order valence-electron chi connectivity index (χ1n) is 5.33. The average molecular weight is 268 g/mol. The molecule has 2 nitrogen and oxygen atoms in total. The van der Waals surface area contributed by atoms with Crippen LogP contribution < -0.4 is 5.32 Å². The van der Waals surface area contributed by atoms with Gasteiger partial charge in [-0.05, 0) is 30.0 Å². The second kappa shape index (κ2) is 4.76. The van der Waals surface area contributed by atoms with Crippen molar-refractivity contribution in [2.45, 2.75) is 12.2 Å². The number of allylic oxidation sites excluding steroid dienone is 2. The van der Waals surface area contributed by atoms with Gasteiger partial charge in [0.05, 0.1) is 11.6 Å². The number of hydrogen-bond donors (Lipinski definition) is 1. The van der Waals surface area contributed by atoms with E-state index in [9.17, 15) is 17.6 Å². The first kappa shape index (κ1) is 13.1. The van der Waals surface area contributed by atoms with Crippen LogP contribution in [0.5, 0.6) is 0 Å². The van der Waals surface area contributed by atoms with Crippen molar-refractivity contribution in [2.75, 3.05) is 0 Å². The Kier molecular flexibility index (Phi) is 3.30. The molecule has 98 valence electrons. The minimum atomic E-state index is -4.74. The lowest BCUT2D eigenvalue weighted by atomic mass is 9.98. The Morgan fingerprint density at radius 1 is 1.26 bits per heavy atom. The smallest absolute Gasteiger partial charge is 0.373 e. The quantitative estimate of drug-likeness (QED) is 0.794. The molecule has 1 aliphatic rings. The molecule has 1 heterocycles. The zero-order valence-electron chi connectivity index (χ0n) is 9.50. The molecular weight excluding hydrogens is 260 g/mol. The van der Waals surface area contributed by atoms with Gasteiger partial charge in [0.1, 0.15) is 11.9 Å². The van der Waals surface area contributed by atoms with E-state index in [-0.39, 0.29) is 11.1 Å². The number of nitriles is 1. The number of halogens is 4. The lowest BCUT2D eigenvalue weighted by molar-refractivity contribution is -0.140.